The molecule has 1 amide bonds. The maximum atomic E-state index is 12.1. The number of carbonyl (C=O) groups excluding carboxylic acids is 1. The number of rotatable bonds is 6. The molecule has 0 bridgehead atoms. The van der Waals surface area contributed by atoms with Crippen molar-refractivity contribution in [1.29, 1.82) is 0 Å². The van der Waals surface area contributed by atoms with E-state index in [1.54, 1.807) is 6.07 Å². The van der Waals surface area contributed by atoms with Crippen molar-refractivity contribution in [2.75, 3.05) is 13.2 Å². The van der Waals surface area contributed by atoms with E-state index < -0.39 is 12.8 Å². The highest BCUT2D eigenvalue weighted by atomic mass is 19.4. The van der Waals surface area contributed by atoms with E-state index in [2.05, 4.69) is 15.0 Å². The Morgan fingerprint density at radius 2 is 2.26 bits per heavy atom. The Morgan fingerprint density at radius 3 is 2.96 bits per heavy atom. The molecule has 128 valence electrons. The molecule has 0 aliphatic carbocycles. The first kappa shape index (κ1) is 17.5. The predicted octanol–water partition coefficient (Wildman–Crippen LogP) is 2.60. The van der Waals surface area contributed by atoms with Gasteiger partial charge < -0.3 is 14.8 Å². The monoisotopic (exact) mass is 332 g/mol. The summed E-state index contributed by atoms with van der Waals surface area (Å²) in [7, 11) is 0. The lowest BCUT2D eigenvalue weighted by atomic mass is 10.1. The summed E-state index contributed by atoms with van der Waals surface area (Å²) in [5.74, 6) is -0.267. The predicted molar refractivity (Wildman–Crippen MR) is 75.8 cm³/mol. The molecule has 1 aromatic rings. The number of nitrogens with zero attached hydrogens (tertiary/aromatic N) is 1. The van der Waals surface area contributed by atoms with E-state index in [4.69, 9.17) is 4.74 Å². The number of amides is 1. The highest BCUT2D eigenvalue weighted by molar-refractivity contribution is 5.76. The molecule has 1 atom stereocenters. The van der Waals surface area contributed by atoms with Crippen molar-refractivity contribution >= 4 is 5.91 Å². The van der Waals surface area contributed by atoms with Gasteiger partial charge in [0.15, 0.2) is 6.61 Å². The second-order valence-electron chi connectivity index (χ2n) is 5.38. The fourth-order valence-corrected chi connectivity index (χ4v) is 2.24. The molecule has 1 fully saturated rings. The average Bonchev–Trinajstić information content (AvgIpc) is 2.52. The number of hydrogen-bond donors (Lipinski definition) is 1. The van der Waals surface area contributed by atoms with E-state index in [9.17, 15) is 18.0 Å². The first-order valence-electron chi connectivity index (χ1n) is 7.45. The number of nitrogens with one attached hydrogen (secondary N) is 1. The molecular formula is C15H19F3N2O3. The van der Waals surface area contributed by atoms with Crippen molar-refractivity contribution in [1.82, 2.24) is 10.3 Å². The lowest BCUT2D eigenvalue weighted by Crippen LogP contribution is -2.30. The summed E-state index contributed by atoms with van der Waals surface area (Å²) in [6.07, 6.45) is 0.133. The molecule has 2 rings (SSSR count). The van der Waals surface area contributed by atoms with Crippen LogP contribution in [0.3, 0.4) is 0 Å². The topological polar surface area (TPSA) is 60.5 Å². The van der Waals surface area contributed by atoms with Gasteiger partial charge >= 0.3 is 6.18 Å². The molecule has 2 heterocycles. The molecule has 5 nitrogen and oxygen atoms in total. The van der Waals surface area contributed by atoms with Crippen molar-refractivity contribution in [3.63, 3.8) is 0 Å². The van der Waals surface area contributed by atoms with Crippen LogP contribution in [-0.4, -0.2) is 36.4 Å². The molecule has 0 spiro atoms. The molecular weight excluding hydrogens is 313 g/mol. The zero-order chi connectivity index (χ0) is 16.7. The molecule has 1 unspecified atom stereocenters. The van der Waals surface area contributed by atoms with Gasteiger partial charge in [0.2, 0.25) is 11.8 Å². The van der Waals surface area contributed by atoms with Gasteiger partial charge in [-0.25, -0.2) is 4.98 Å². The fraction of sp³-hybridized carbons (Fsp3) is 0.600. The highest BCUT2D eigenvalue weighted by Crippen LogP contribution is 2.18. The van der Waals surface area contributed by atoms with Crippen LogP contribution in [0.4, 0.5) is 13.2 Å². The quantitative estimate of drug-likeness (QED) is 0.870. The van der Waals surface area contributed by atoms with E-state index in [-0.39, 0.29) is 24.4 Å². The number of pyridine rings is 1. The summed E-state index contributed by atoms with van der Waals surface area (Å²) in [5.41, 5.74) is 0.620. The maximum absolute atomic E-state index is 12.1. The van der Waals surface area contributed by atoms with Gasteiger partial charge in [-0.2, -0.15) is 13.2 Å². The van der Waals surface area contributed by atoms with E-state index in [0.29, 0.717) is 18.6 Å². The molecule has 0 saturated carbocycles. The third-order valence-corrected chi connectivity index (χ3v) is 3.36. The Bertz CT molecular complexity index is 517. The van der Waals surface area contributed by atoms with Gasteiger partial charge in [-0.3, -0.25) is 4.79 Å². The van der Waals surface area contributed by atoms with E-state index in [1.807, 2.05) is 0 Å². The van der Waals surface area contributed by atoms with Crippen LogP contribution >= 0.6 is 0 Å². The number of alkyl halides is 3. The van der Waals surface area contributed by atoms with Crippen LogP contribution in [-0.2, 0) is 16.1 Å². The minimum atomic E-state index is -4.41. The van der Waals surface area contributed by atoms with Crippen LogP contribution < -0.4 is 10.1 Å². The van der Waals surface area contributed by atoms with Crippen molar-refractivity contribution in [2.24, 2.45) is 0 Å². The smallest absolute Gasteiger partial charge is 0.422 e. The van der Waals surface area contributed by atoms with Crippen LogP contribution in [0.25, 0.3) is 0 Å². The minimum absolute atomic E-state index is 0.0492. The lowest BCUT2D eigenvalue weighted by Gasteiger charge is -2.21. The third kappa shape index (κ3) is 6.85. The maximum Gasteiger partial charge on any atom is 0.422 e. The Morgan fingerprint density at radius 1 is 1.43 bits per heavy atom. The SMILES string of the molecule is O=C(CC1CCCCO1)NCc1ccnc(OCC(F)(F)F)c1. The van der Waals surface area contributed by atoms with Crippen molar-refractivity contribution < 1.29 is 27.4 Å². The van der Waals surface area contributed by atoms with Crippen LogP contribution in [0.2, 0.25) is 0 Å². The Kier molecular flexibility index (Phi) is 6.20. The Hall–Kier alpha value is -1.83. The average molecular weight is 332 g/mol. The molecule has 1 aliphatic heterocycles. The number of carbonyl (C=O) groups is 1. The summed E-state index contributed by atoms with van der Waals surface area (Å²) in [6, 6.07) is 2.99. The summed E-state index contributed by atoms with van der Waals surface area (Å²) < 4.78 is 46.3. The standard InChI is InChI=1S/C15H19F3N2O3/c16-15(17,18)10-23-14-7-11(4-5-19-14)9-20-13(21)8-12-3-1-2-6-22-12/h4-5,7,12H,1-3,6,8-10H2,(H,20,21). The summed E-state index contributed by atoms with van der Waals surface area (Å²) in [5, 5.41) is 2.72. The fourth-order valence-electron chi connectivity index (χ4n) is 2.24. The zero-order valence-electron chi connectivity index (χ0n) is 12.6. The van der Waals surface area contributed by atoms with Gasteiger partial charge in [0.05, 0.1) is 12.5 Å². The number of aromatic nitrogens is 1. The minimum Gasteiger partial charge on any atom is -0.468 e. The Labute approximate surface area is 132 Å². The first-order valence-corrected chi connectivity index (χ1v) is 7.45. The molecule has 23 heavy (non-hydrogen) atoms. The van der Waals surface area contributed by atoms with Gasteiger partial charge in [-0.1, -0.05) is 0 Å². The third-order valence-electron chi connectivity index (χ3n) is 3.36. The normalized spacial score (nSPS) is 18.5. The molecule has 1 N–H and O–H groups in total. The summed E-state index contributed by atoms with van der Waals surface area (Å²) in [6.45, 7) is -0.506. The molecule has 1 saturated heterocycles. The second-order valence-corrected chi connectivity index (χ2v) is 5.38. The van der Waals surface area contributed by atoms with Gasteiger partial charge in [-0.15, -0.1) is 0 Å². The second kappa shape index (κ2) is 8.14. The highest BCUT2D eigenvalue weighted by Gasteiger charge is 2.28. The van der Waals surface area contributed by atoms with E-state index >= 15 is 0 Å². The molecule has 0 radical (unpaired) electrons. The van der Waals surface area contributed by atoms with E-state index in [0.717, 1.165) is 19.3 Å². The number of hydrogen-bond acceptors (Lipinski definition) is 4. The van der Waals surface area contributed by atoms with Crippen LogP contribution in [0.15, 0.2) is 18.3 Å². The van der Waals surface area contributed by atoms with Crippen molar-refractivity contribution in [3.05, 3.63) is 23.9 Å². The van der Waals surface area contributed by atoms with Crippen LogP contribution in [0.5, 0.6) is 5.88 Å². The summed E-state index contributed by atoms with van der Waals surface area (Å²) in [4.78, 5) is 15.5. The first-order chi connectivity index (χ1) is 10.9. The Balaban J connectivity index is 1.77. The largest absolute Gasteiger partial charge is 0.468 e. The van der Waals surface area contributed by atoms with Gasteiger partial charge in [0, 0.05) is 25.4 Å². The zero-order valence-corrected chi connectivity index (χ0v) is 12.6. The van der Waals surface area contributed by atoms with Crippen molar-refractivity contribution in [2.45, 2.75) is 44.5 Å². The molecule has 1 aromatic heterocycles. The lowest BCUT2D eigenvalue weighted by molar-refractivity contribution is -0.154. The van der Waals surface area contributed by atoms with Gasteiger partial charge in [-0.05, 0) is 30.9 Å². The van der Waals surface area contributed by atoms with Gasteiger partial charge in [0.1, 0.15) is 0 Å². The molecule has 0 aromatic carbocycles. The number of ether oxygens (including phenoxy) is 2. The number of halogens is 3. The van der Waals surface area contributed by atoms with E-state index in [1.165, 1.54) is 12.3 Å². The molecule has 1 aliphatic rings. The van der Waals surface area contributed by atoms with Crippen molar-refractivity contribution in [3.8, 4) is 5.88 Å². The summed E-state index contributed by atoms with van der Waals surface area (Å²) >= 11 is 0. The van der Waals surface area contributed by atoms with Crippen LogP contribution in [0.1, 0.15) is 31.2 Å². The van der Waals surface area contributed by atoms with Crippen LogP contribution in [0, 0.1) is 0 Å². The van der Waals surface area contributed by atoms with Gasteiger partial charge in [0.25, 0.3) is 0 Å². The molecule has 8 heteroatoms.